The minimum atomic E-state index is -0.0117. The zero-order valence-corrected chi connectivity index (χ0v) is 9.52. The number of nitrogens with one attached hydrogen (secondary N) is 1. The lowest BCUT2D eigenvalue weighted by Crippen LogP contribution is -2.43. The minimum Gasteiger partial charge on any atom is -0.359 e. The third-order valence-corrected chi connectivity index (χ3v) is 2.90. The van der Waals surface area contributed by atoms with Crippen LogP contribution in [0.2, 0.25) is 0 Å². The van der Waals surface area contributed by atoms with Gasteiger partial charge in [-0.25, -0.2) is 0 Å². The molecule has 1 fully saturated rings. The summed E-state index contributed by atoms with van der Waals surface area (Å²) < 4.78 is 0. The van der Waals surface area contributed by atoms with Crippen molar-refractivity contribution in [2.75, 3.05) is 18.0 Å². The molecule has 1 atom stereocenters. The number of carbonyl (C=O) groups excluding carboxylic acids is 1. The van der Waals surface area contributed by atoms with Crippen molar-refractivity contribution in [2.24, 2.45) is 0 Å². The van der Waals surface area contributed by atoms with Crippen molar-refractivity contribution in [2.45, 2.75) is 25.8 Å². The van der Waals surface area contributed by atoms with Gasteiger partial charge in [0.1, 0.15) is 6.04 Å². The van der Waals surface area contributed by atoms with E-state index in [4.69, 9.17) is 0 Å². The highest BCUT2D eigenvalue weighted by atomic mass is 16.2. The minimum absolute atomic E-state index is 0.0117. The maximum Gasteiger partial charge on any atom is 0.242 e. The van der Waals surface area contributed by atoms with E-state index in [0.717, 1.165) is 25.1 Å². The summed E-state index contributed by atoms with van der Waals surface area (Å²) in [7, 11) is 0. The third-order valence-electron chi connectivity index (χ3n) is 2.90. The molecule has 4 heteroatoms. The van der Waals surface area contributed by atoms with Crippen LogP contribution in [0.4, 0.5) is 5.69 Å². The highest BCUT2D eigenvalue weighted by Crippen LogP contribution is 2.24. The van der Waals surface area contributed by atoms with Crippen LogP contribution in [0.3, 0.4) is 0 Å². The number of pyridine rings is 1. The highest BCUT2D eigenvalue weighted by molar-refractivity contribution is 5.85. The number of rotatable bonds is 3. The topological polar surface area (TPSA) is 45.2 Å². The van der Waals surface area contributed by atoms with Gasteiger partial charge in [-0.05, 0) is 31.9 Å². The Bertz CT molecular complexity index is 353. The van der Waals surface area contributed by atoms with Gasteiger partial charge in [0, 0.05) is 31.2 Å². The highest BCUT2D eigenvalue weighted by Gasteiger charge is 2.30. The molecule has 16 heavy (non-hydrogen) atoms. The average molecular weight is 219 g/mol. The zero-order chi connectivity index (χ0) is 11.4. The summed E-state index contributed by atoms with van der Waals surface area (Å²) in [6, 6.07) is 3.90. The summed E-state index contributed by atoms with van der Waals surface area (Å²) in [5, 5.41) is 2.89. The van der Waals surface area contributed by atoms with E-state index in [-0.39, 0.29) is 11.9 Å². The molecule has 1 saturated heterocycles. The number of hydrogen-bond donors (Lipinski definition) is 1. The molecule has 1 aliphatic heterocycles. The third kappa shape index (κ3) is 2.15. The fourth-order valence-electron chi connectivity index (χ4n) is 2.18. The van der Waals surface area contributed by atoms with Crippen LogP contribution in [0.5, 0.6) is 0 Å². The van der Waals surface area contributed by atoms with Gasteiger partial charge in [0.2, 0.25) is 5.91 Å². The Balaban J connectivity index is 2.12. The molecule has 0 aromatic carbocycles. The van der Waals surface area contributed by atoms with E-state index in [1.54, 1.807) is 12.4 Å². The van der Waals surface area contributed by atoms with E-state index >= 15 is 0 Å². The van der Waals surface area contributed by atoms with Gasteiger partial charge >= 0.3 is 0 Å². The number of carbonyl (C=O) groups is 1. The van der Waals surface area contributed by atoms with Crippen molar-refractivity contribution in [1.82, 2.24) is 10.3 Å². The summed E-state index contributed by atoms with van der Waals surface area (Å²) in [4.78, 5) is 18.0. The quantitative estimate of drug-likeness (QED) is 0.830. The number of hydrogen-bond acceptors (Lipinski definition) is 3. The van der Waals surface area contributed by atoms with Crippen LogP contribution >= 0.6 is 0 Å². The van der Waals surface area contributed by atoms with Gasteiger partial charge in [0.15, 0.2) is 0 Å². The van der Waals surface area contributed by atoms with Gasteiger partial charge in [-0.2, -0.15) is 0 Å². The fourth-order valence-corrected chi connectivity index (χ4v) is 2.18. The lowest BCUT2D eigenvalue weighted by Gasteiger charge is -2.25. The second kappa shape index (κ2) is 4.96. The molecule has 2 rings (SSSR count). The second-order valence-corrected chi connectivity index (χ2v) is 3.95. The van der Waals surface area contributed by atoms with Crippen LogP contribution in [0.15, 0.2) is 24.5 Å². The molecule has 0 saturated carbocycles. The van der Waals surface area contributed by atoms with Gasteiger partial charge in [0.25, 0.3) is 0 Å². The predicted molar refractivity (Wildman–Crippen MR) is 63.3 cm³/mol. The first-order chi connectivity index (χ1) is 7.83. The summed E-state index contributed by atoms with van der Waals surface area (Å²) in [6.45, 7) is 3.59. The zero-order valence-electron chi connectivity index (χ0n) is 9.52. The molecule has 4 nitrogen and oxygen atoms in total. The van der Waals surface area contributed by atoms with Crippen molar-refractivity contribution in [3.05, 3.63) is 24.5 Å². The van der Waals surface area contributed by atoms with Gasteiger partial charge in [-0.15, -0.1) is 0 Å². The average Bonchev–Trinajstić information content (AvgIpc) is 2.79. The fraction of sp³-hybridized carbons (Fsp3) is 0.500. The SMILES string of the molecule is CCNC(=O)C1CCCN1c1ccncc1. The van der Waals surface area contributed by atoms with Crippen LogP contribution in [0.25, 0.3) is 0 Å². The van der Waals surface area contributed by atoms with Gasteiger partial charge in [-0.1, -0.05) is 0 Å². The van der Waals surface area contributed by atoms with E-state index in [2.05, 4.69) is 15.2 Å². The van der Waals surface area contributed by atoms with E-state index < -0.39 is 0 Å². The Morgan fingerprint density at radius 3 is 3.00 bits per heavy atom. The number of amides is 1. The summed E-state index contributed by atoms with van der Waals surface area (Å²) in [5.41, 5.74) is 1.09. The van der Waals surface area contributed by atoms with Crippen LogP contribution < -0.4 is 10.2 Å². The molecule has 1 N–H and O–H groups in total. The number of anilines is 1. The molecule has 0 spiro atoms. The van der Waals surface area contributed by atoms with Crippen molar-refractivity contribution < 1.29 is 4.79 Å². The summed E-state index contributed by atoms with van der Waals surface area (Å²) in [6.07, 6.45) is 5.54. The Kier molecular flexibility index (Phi) is 3.39. The van der Waals surface area contributed by atoms with Crippen molar-refractivity contribution in [3.63, 3.8) is 0 Å². The largest absolute Gasteiger partial charge is 0.359 e. The molecule has 1 aromatic rings. The first-order valence-electron chi connectivity index (χ1n) is 5.77. The normalized spacial score (nSPS) is 19.8. The Hall–Kier alpha value is -1.58. The molecule has 86 valence electrons. The summed E-state index contributed by atoms with van der Waals surface area (Å²) >= 11 is 0. The van der Waals surface area contributed by atoms with Crippen LogP contribution in [-0.2, 0) is 4.79 Å². The Labute approximate surface area is 95.7 Å². The molecule has 0 aliphatic carbocycles. The molecule has 1 unspecified atom stereocenters. The molecule has 1 aromatic heterocycles. The van der Waals surface area contributed by atoms with Gasteiger partial charge in [-0.3, -0.25) is 9.78 Å². The lowest BCUT2D eigenvalue weighted by atomic mass is 10.2. The molecule has 2 heterocycles. The first kappa shape index (κ1) is 10.9. The van der Waals surface area contributed by atoms with Crippen molar-refractivity contribution in [1.29, 1.82) is 0 Å². The van der Waals surface area contributed by atoms with Gasteiger partial charge < -0.3 is 10.2 Å². The second-order valence-electron chi connectivity index (χ2n) is 3.95. The van der Waals surface area contributed by atoms with Gasteiger partial charge in [0.05, 0.1) is 0 Å². The molecule has 0 bridgehead atoms. The maximum atomic E-state index is 11.9. The van der Waals surface area contributed by atoms with E-state index in [9.17, 15) is 4.79 Å². The number of aromatic nitrogens is 1. The number of likely N-dealkylation sites (N-methyl/N-ethyl adjacent to an activating group) is 1. The molecule has 0 radical (unpaired) electrons. The van der Waals surface area contributed by atoms with E-state index in [0.29, 0.717) is 6.54 Å². The molecular weight excluding hydrogens is 202 g/mol. The van der Waals surface area contributed by atoms with Crippen LogP contribution in [-0.4, -0.2) is 30.0 Å². The van der Waals surface area contributed by atoms with Crippen molar-refractivity contribution >= 4 is 11.6 Å². The Morgan fingerprint density at radius 1 is 1.56 bits per heavy atom. The van der Waals surface area contributed by atoms with Crippen LogP contribution in [0.1, 0.15) is 19.8 Å². The van der Waals surface area contributed by atoms with E-state index in [1.165, 1.54) is 0 Å². The van der Waals surface area contributed by atoms with E-state index in [1.807, 2.05) is 19.1 Å². The predicted octanol–water partition coefficient (Wildman–Crippen LogP) is 1.19. The lowest BCUT2D eigenvalue weighted by molar-refractivity contribution is -0.122. The summed E-state index contributed by atoms with van der Waals surface area (Å²) in [5.74, 6) is 0.136. The van der Waals surface area contributed by atoms with Crippen molar-refractivity contribution in [3.8, 4) is 0 Å². The smallest absolute Gasteiger partial charge is 0.242 e. The number of nitrogens with zero attached hydrogens (tertiary/aromatic N) is 2. The molecular formula is C12H17N3O. The Morgan fingerprint density at radius 2 is 2.31 bits per heavy atom. The van der Waals surface area contributed by atoms with Crippen LogP contribution in [0, 0.1) is 0 Å². The molecule has 1 amide bonds. The monoisotopic (exact) mass is 219 g/mol. The first-order valence-corrected chi connectivity index (χ1v) is 5.77. The molecule has 1 aliphatic rings. The maximum absolute atomic E-state index is 11.9. The standard InChI is InChI=1S/C12H17N3O/c1-2-14-12(16)11-4-3-9-15(11)10-5-7-13-8-6-10/h5-8,11H,2-4,9H2,1H3,(H,14,16).